The highest BCUT2D eigenvalue weighted by atomic mass is 32.2. The van der Waals surface area contributed by atoms with Crippen molar-refractivity contribution in [3.63, 3.8) is 0 Å². The lowest BCUT2D eigenvalue weighted by atomic mass is 10.2. The molecule has 5 heteroatoms. The molecular formula is C9H13NO3S. The van der Waals surface area contributed by atoms with E-state index in [9.17, 15) is 8.42 Å². The molecule has 0 radical (unpaired) electrons. The highest BCUT2D eigenvalue weighted by Gasteiger charge is 2.44. The normalized spacial score (nSPS) is 19.5. The Labute approximate surface area is 83.4 Å². The first-order chi connectivity index (χ1) is 6.58. The Bertz CT molecular complexity index is 403. The number of hydrogen-bond donors (Lipinski definition) is 1. The summed E-state index contributed by atoms with van der Waals surface area (Å²) in [6.45, 7) is 1.99. The average Bonchev–Trinajstić information content (AvgIpc) is 2.70. The molecule has 1 aliphatic carbocycles. The fourth-order valence-corrected chi connectivity index (χ4v) is 2.88. The highest BCUT2D eigenvalue weighted by molar-refractivity contribution is 7.89. The van der Waals surface area contributed by atoms with Crippen molar-refractivity contribution in [2.75, 3.05) is 0 Å². The first-order valence-corrected chi connectivity index (χ1v) is 6.12. The topological polar surface area (TPSA) is 59.3 Å². The van der Waals surface area contributed by atoms with Crippen LogP contribution in [0, 0.1) is 0 Å². The van der Waals surface area contributed by atoms with Crippen LogP contribution in [-0.4, -0.2) is 14.0 Å². The summed E-state index contributed by atoms with van der Waals surface area (Å²) in [5, 5.41) is 0. The molecule has 0 amide bonds. The zero-order chi connectivity index (χ0) is 10.2. The van der Waals surface area contributed by atoms with Crippen LogP contribution in [0.1, 0.15) is 26.2 Å². The molecule has 0 aliphatic heterocycles. The Morgan fingerprint density at radius 3 is 2.71 bits per heavy atom. The Hall–Kier alpha value is -0.810. The van der Waals surface area contributed by atoms with E-state index in [2.05, 4.69) is 4.72 Å². The first kappa shape index (κ1) is 9.73. The minimum Gasteiger partial charge on any atom is -0.471 e. The Morgan fingerprint density at radius 2 is 2.29 bits per heavy atom. The molecular weight excluding hydrogens is 202 g/mol. The number of nitrogens with one attached hydrogen (secondary N) is 1. The maximum atomic E-state index is 11.7. The minimum absolute atomic E-state index is 0.184. The molecule has 1 fully saturated rings. The third-order valence-electron chi connectivity index (χ3n) is 2.69. The van der Waals surface area contributed by atoms with Crippen molar-refractivity contribution < 1.29 is 12.8 Å². The van der Waals surface area contributed by atoms with Crippen LogP contribution >= 0.6 is 0 Å². The third-order valence-corrected chi connectivity index (χ3v) is 4.24. The zero-order valence-electron chi connectivity index (χ0n) is 7.99. The Balaban J connectivity index is 2.19. The first-order valence-electron chi connectivity index (χ1n) is 4.64. The van der Waals surface area contributed by atoms with Gasteiger partial charge in [0.05, 0.1) is 6.26 Å². The van der Waals surface area contributed by atoms with Crippen molar-refractivity contribution in [2.45, 2.75) is 36.6 Å². The van der Waals surface area contributed by atoms with Crippen LogP contribution in [0.5, 0.6) is 0 Å². The van der Waals surface area contributed by atoms with Crippen LogP contribution in [0.4, 0.5) is 0 Å². The van der Waals surface area contributed by atoms with Gasteiger partial charge in [-0.2, -0.15) is 0 Å². The fraction of sp³-hybridized carbons (Fsp3) is 0.556. The van der Waals surface area contributed by atoms with Crippen molar-refractivity contribution in [3.8, 4) is 0 Å². The predicted octanol–water partition coefficient (Wildman–Crippen LogP) is 1.50. The lowest BCUT2D eigenvalue weighted by Crippen LogP contribution is -2.35. The smallest absolute Gasteiger partial charge is 0.244 e. The zero-order valence-corrected chi connectivity index (χ0v) is 8.80. The van der Waals surface area contributed by atoms with E-state index in [4.69, 9.17) is 4.42 Å². The minimum atomic E-state index is -3.37. The van der Waals surface area contributed by atoms with E-state index in [-0.39, 0.29) is 10.4 Å². The summed E-state index contributed by atoms with van der Waals surface area (Å²) in [6.07, 6.45) is 5.30. The molecule has 1 aromatic heterocycles. The maximum absolute atomic E-state index is 11.7. The summed E-state index contributed by atoms with van der Waals surface area (Å²) in [4.78, 5) is 0.206. The van der Waals surface area contributed by atoms with E-state index < -0.39 is 10.0 Å². The molecule has 1 aromatic rings. The van der Waals surface area contributed by atoms with Gasteiger partial charge in [-0.05, 0) is 25.3 Å². The molecule has 4 nitrogen and oxygen atoms in total. The lowest BCUT2D eigenvalue weighted by Gasteiger charge is -2.13. The summed E-state index contributed by atoms with van der Waals surface area (Å²) < 4.78 is 30.9. The summed E-state index contributed by atoms with van der Waals surface area (Å²) in [6, 6.07) is 1.45. The lowest BCUT2D eigenvalue weighted by molar-refractivity contribution is 0.526. The van der Waals surface area contributed by atoms with Crippen LogP contribution in [0.15, 0.2) is 27.9 Å². The number of hydrogen-bond acceptors (Lipinski definition) is 3. The van der Waals surface area contributed by atoms with Crippen molar-refractivity contribution in [1.29, 1.82) is 0 Å². The molecule has 78 valence electrons. The Kier molecular flexibility index (Phi) is 2.16. The average molecular weight is 215 g/mol. The van der Waals surface area contributed by atoms with E-state index >= 15 is 0 Å². The standard InChI is InChI=1S/C9H13NO3S/c1-2-9(4-5-9)10-14(11,12)8-3-6-13-7-8/h3,6-7,10H,2,4-5H2,1H3. The van der Waals surface area contributed by atoms with Crippen LogP contribution in [0.2, 0.25) is 0 Å². The van der Waals surface area contributed by atoms with Crippen LogP contribution in [-0.2, 0) is 10.0 Å². The number of furan rings is 1. The molecule has 0 unspecified atom stereocenters. The van der Waals surface area contributed by atoms with Gasteiger partial charge in [0.25, 0.3) is 0 Å². The van der Waals surface area contributed by atoms with Gasteiger partial charge in [0.1, 0.15) is 11.2 Å². The number of sulfonamides is 1. The predicted molar refractivity (Wildman–Crippen MR) is 51.3 cm³/mol. The summed E-state index contributed by atoms with van der Waals surface area (Å²) in [5.74, 6) is 0. The van der Waals surface area contributed by atoms with Gasteiger partial charge in [-0.3, -0.25) is 0 Å². The Morgan fingerprint density at radius 1 is 1.57 bits per heavy atom. The van der Waals surface area contributed by atoms with Gasteiger partial charge >= 0.3 is 0 Å². The second-order valence-electron chi connectivity index (χ2n) is 3.70. The van der Waals surface area contributed by atoms with Crippen molar-refractivity contribution in [1.82, 2.24) is 4.72 Å². The SMILES string of the molecule is CCC1(NS(=O)(=O)c2ccoc2)CC1. The second-order valence-corrected chi connectivity index (χ2v) is 5.38. The molecule has 1 N–H and O–H groups in total. The van der Waals surface area contributed by atoms with Crippen LogP contribution < -0.4 is 4.72 Å². The second kappa shape index (κ2) is 3.10. The summed E-state index contributed by atoms with van der Waals surface area (Å²) >= 11 is 0. The van der Waals surface area contributed by atoms with Gasteiger partial charge in [-0.25, -0.2) is 13.1 Å². The van der Waals surface area contributed by atoms with Crippen LogP contribution in [0.3, 0.4) is 0 Å². The maximum Gasteiger partial charge on any atom is 0.244 e. The molecule has 1 saturated carbocycles. The van der Waals surface area contributed by atoms with Gasteiger partial charge in [-0.1, -0.05) is 6.92 Å². The van der Waals surface area contributed by atoms with Gasteiger partial charge in [-0.15, -0.1) is 0 Å². The summed E-state index contributed by atoms with van der Waals surface area (Å²) in [7, 11) is -3.37. The monoisotopic (exact) mass is 215 g/mol. The van der Waals surface area contributed by atoms with E-state index in [1.165, 1.54) is 18.6 Å². The molecule has 14 heavy (non-hydrogen) atoms. The van der Waals surface area contributed by atoms with E-state index in [1.54, 1.807) is 0 Å². The molecule has 0 aromatic carbocycles. The van der Waals surface area contributed by atoms with Gasteiger partial charge in [0, 0.05) is 5.54 Å². The molecule has 1 aliphatic rings. The molecule has 1 heterocycles. The van der Waals surface area contributed by atoms with Gasteiger partial charge in [0.2, 0.25) is 10.0 Å². The fourth-order valence-electron chi connectivity index (χ4n) is 1.43. The quantitative estimate of drug-likeness (QED) is 0.828. The molecule has 0 saturated heterocycles. The number of rotatable bonds is 4. The van der Waals surface area contributed by atoms with Crippen molar-refractivity contribution in [2.24, 2.45) is 0 Å². The highest BCUT2D eigenvalue weighted by Crippen LogP contribution is 2.39. The van der Waals surface area contributed by atoms with E-state index in [1.807, 2.05) is 6.92 Å². The van der Waals surface area contributed by atoms with Gasteiger partial charge < -0.3 is 4.42 Å². The molecule has 2 rings (SSSR count). The van der Waals surface area contributed by atoms with Crippen LogP contribution in [0.25, 0.3) is 0 Å². The van der Waals surface area contributed by atoms with E-state index in [0.29, 0.717) is 0 Å². The summed E-state index contributed by atoms with van der Waals surface area (Å²) in [5.41, 5.74) is -0.184. The largest absolute Gasteiger partial charge is 0.471 e. The third kappa shape index (κ3) is 1.69. The van der Waals surface area contributed by atoms with Crippen molar-refractivity contribution in [3.05, 3.63) is 18.6 Å². The van der Waals surface area contributed by atoms with E-state index in [0.717, 1.165) is 19.3 Å². The van der Waals surface area contributed by atoms with Crippen molar-refractivity contribution >= 4 is 10.0 Å². The molecule has 0 spiro atoms. The van der Waals surface area contributed by atoms with Gasteiger partial charge in [0.15, 0.2) is 0 Å². The molecule has 0 bridgehead atoms. The molecule has 0 atom stereocenters.